The molecule has 13 heavy (non-hydrogen) atoms. The van der Waals surface area contributed by atoms with Crippen molar-refractivity contribution in [2.24, 2.45) is 0 Å². The highest BCUT2D eigenvalue weighted by molar-refractivity contribution is 5.46. The quantitative estimate of drug-likeness (QED) is 0.549. The molecule has 1 rings (SSSR count). The van der Waals surface area contributed by atoms with Crippen LogP contribution < -0.4 is 4.73 Å². The van der Waals surface area contributed by atoms with Crippen molar-refractivity contribution >= 4 is 6.08 Å². The smallest absolute Gasteiger partial charge is 0.229 e. The zero-order chi connectivity index (χ0) is 10.1. The molecular formula is C11H18NO+. The van der Waals surface area contributed by atoms with Gasteiger partial charge in [0.15, 0.2) is 0 Å². The highest BCUT2D eigenvalue weighted by atomic mass is 16.5. The standard InChI is InChI=1S/C9H12NO.C2H6/c1-2-3-5-9-6-4-7-10(11)8-9;1-2/h3-8,11H,2H2,1H3;1-2H3/q+1;/b5-3+;. The first-order chi connectivity index (χ1) is 6.33. The molecule has 1 aromatic rings. The number of allylic oxidation sites excluding steroid dienone is 1. The summed E-state index contributed by atoms with van der Waals surface area (Å²) in [5.41, 5.74) is 1.01. The largest absolute Gasteiger partial charge is 0.285 e. The number of pyridine rings is 1. The molecule has 0 unspecified atom stereocenters. The van der Waals surface area contributed by atoms with Crippen molar-refractivity contribution in [1.29, 1.82) is 0 Å². The molecule has 0 saturated heterocycles. The van der Waals surface area contributed by atoms with Crippen LogP contribution in [0.5, 0.6) is 0 Å². The van der Waals surface area contributed by atoms with Gasteiger partial charge in [0.25, 0.3) is 0 Å². The van der Waals surface area contributed by atoms with E-state index in [9.17, 15) is 0 Å². The van der Waals surface area contributed by atoms with Gasteiger partial charge in [-0.05, 0) is 12.5 Å². The lowest BCUT2D eigenvalue weighted by Crippen LogP contribution is -2.28. The summed E-state index contributed by atoms with van der Waals surface area (Å²) in [7, 11) is 0. The topological polar surface area (TPSA) is 24.1 Å². The summed E-state index contributed by atoms with van der Waals surface area (Å²) in [6.45, 7) is 6.08. The van der Waals surface area contributed by atoms with Gasteiger partial charge in [0.2, 0.25) is 12.4 Å². The average Bonchev–Trinajstić information content (AvgIpc) is 2.18. The minimum Gasteiger partial charge on any atom is -0.285 e. The second kappa shape index (κ2) is 7.35. The monoisotopic (exact) mass is 180 g/mol. The maximum Gasteiger partial charge on any atom is 0.229 e. The Morgan fingerprint density at radius 1 is 1.46 bits per heavy atom. The second-order valence-corrected chi connectivity index (χ2v) is 2.33. The summed E-state index contributed by atoms with van der Waals surface area (Å²) in [4.78, 5) is 0. The first-order valence-electron chi connectivity index (χ1n) is 4.70. The fraction of sp³-hybridized carbons (Fsp3) is 0.364. The Balaban J connectivity index is 0.000000671. The van der Waals surface area contributed by atoms with Crippen LogP contribution in [0.1, 0.15) is 32.8 Å². The van der Waals surface area contributed by atoms with Gasteiger partial charge < -0.3 is 0 Å². The number of hydrogen-bond donors (Lipinski definition) is 1. The highest BCUT2D eigenvalue weighted by Gasteiger charge is 1.94. The third kappa shape index (κ3) is 5.01. The predicted molar refractivity (Wildman–Crippen MR) is 54.5 cm³/mol. The van der Waals surface area contributed by atoms with Gasteiger partial charge in [-0.3, -0.25) is 5.21 Å². The van der Waals surface area contributed by atoms with Gasteiger partial charge in [-0.1, -0.05) is 32.9 Å². The van der Waals surface area contributed by atoms with Gasteiger partial charge in [0, 0.05) is 16.4 Å². The van der Waals surface area contributed by atoms with E-state index in [1.807, 2.05) is 26.0 Å². The third-order valence-electron chi connectivity index (χ3n) is 1.35. The second-order valence-electron chi connectivity index (χ2n) is 2.33. The van der Waals surface area contributed by atoms with Crippen LogP contribution in [-0.2, 0) is 0 Å². The van der Waals surface area contributed by atoms with Crippen molar-refractivity contribution in [3.05, 3.63) is 36.2 Å². The molecule has 0 fully saturated rings. The lowest BCUT2D eigenvalue weighted by molar-refractivity contribution is -0.904. The Labute approximate surface area is 80.1 Å². The van der Waals surface area contributed by atoms with E-state index in [2.05, 4.69) is 13.0 Å². The Bertz CT molecular complexity index is 256. The molecule has 0 amide bonds. The van der Waals surface area contributed by atoms with Crippen LogP contribution in [0.15, 0.2) is 30.6 Å². The predicted octanol–water partition coefficient (Wildman–Crippen LogP) is 2.66. The summed E-state index contributed by atoms with van der Waals surface area (Å²) in [6, 6.07) is 3.74. The number of aromatic nitrogens is 1. The molecule has 0 spiro atoms. The molecule has 1 aromatic heterocycles. The van der Waals surface area contributed by atoms with Crippen LogP contribution in [0.4, 0.5) is 0 Å². The maximum absolute atomic E-state index is 9.00. The molecule has 0 atom stereocenters. The molecule has 2 nitrogen and oxygen atoms in total. The average molecular weight is 180 g/mol. The molecule has 0 aliphatic rings. The third-order valence-corrected chi connectivity index (χ3v) is 1.35. The normalized spacial score (nSPS) is 9.46. The fourth-order valence-corrected chi connectivity index (χ4v) is 0.834. The van der Waals surface area contributed by atoms with Crippen molar-refractivity contribution in [3.8, 4) is 0 Å². The van der Waals surface area contributed by atoms with Crippen LogP contribution in [-0.4, -0.2) is 5.21 Å². The van der Waals surface area contributed by atoms with E-state index in [1.165, 1.54) is 0 Å². The van der Waals surface area contributed by atoms with E-state index < -0.39 is 0 Å². The number of hydrogen-bond acceptors (Lipinski definition) is 1. The van der Waals surface area contributed by atoms with Crippen LogP contribution in [0.2, 0.25) is 0 Å². The molecule has 0 aliphatic heterocycles. The fourth-order valence-electron chi connectivity index (χ4n) is 0.834. The Kier molecular flexibility index (Phi) is 6.60. The maximum atomic E-state index is 9.00. The summed E-state index contributed by atoms with van der Waals surface area (Å²) in [6.07, 6.45) is 8.29. The van der Waals surface area contributed by atoms with Gasteiger partial charge in [0.1, 0.15) is 0 Å². The molecule has 1 heterocycles. The van der Waals surface area contributed by atoms with Crippen LogP contribution >= 0.6 is 0 Å². The Hall–Kier alpha value is -1.31. The summed E-state index contributed by atoms with van der Waals surface area (Å²) < 4.78 is 1.05. The van der Waals surface area contributed by atoms with Crippen LogP contribution in [0.3, 0.4) is 0 Å². The van der Waals surface area contributed by atoms with Crippen molar-refractivity contribution in [1.82, 2.24) is 0 Å². The van der Waals surface area contributed by atoms with Gasteiger partial charge in [-0.15, -0.1) is 0 Å². The van der Waals surface area contributed by atoms with Gasteiger partial charge in [-0.2, -0.15) is 0 Å². The zero-order valence-corrected chi connectivity index (χ0v) is 8.57. The molecule has 1 N–H and O–H groups in total. The van der Waals surface area contributed by atoms with E-state index in [4.69, 9.17) is 5.21 Å². The number of rotatable bonds is 2. The summed E-state index contributed by atoms with van der Waals surface area (Å²) >= 11 is 0. The van der Waals surface area contributed by atoms with E-state index in [0.717, 1.165) is 16.7 Å². The van der Waals surface area contributed by atoms with E-state index in [0.29, 0.717) is 0 Å². The highest BCUT2D eigenvalue weighted by Crippen LogP contribution is 1.97. The Morgan fingerprint density at radius 3 is 2.69 bits per heavy atom. The molecule has 0 radical (unpaired) electrons. The molecule has 2 heteroatoms. The molecule has 72 valence electrons. The molecule has 0 saturated carbocycles. The van der Waals surface area contributed by atoms with Gasteiger partial charge in [-0.25, -0.2) is 0 Å². The lowest BCUT2D eigenvalue weighted by Gasteiger charge is -1.86. The first kappa shape index (κ1) is 11.7. The molecule has 0 bridgehead atoms. The summed E-state index contributed by atoms with van der Waals surface area (Å²) in [5.74, 6) is 0. The number of nitrogens with zero attached hydrogens (tertiary/aromatic N) is 1. The first-order valence-corrected chi connectivity index (χ1v) is 4.70. The van der Waals surface area contributed by atoms with E-state index in [-0.39, 0.29) is 0 Å². The van der Waals surface area contributed by atoms with Crippen molar-refractivity contribution < 1.29 is 9.94 Å². The molecular weight excluding hydrogens is 162 g/mol. The summed E-state index contributed by atoms with van der Waals surface area (Å²) in [5, 5.41) is 9.00. The van der Waals surface area contributed by atoms with Crippen molar-refractivity contribution in [2.45, 2.75) is 27.2 Å². The minimum atomic E-state index is 1.01. The van der Waals surface area contributed by atoms with Crippen LogP contribution in [0, 0.1) is 0 Å². The van der Waals surface area contributed by atoms with Crippen LogP contribution in [0.25, 0.3) is 6.08 Å². The SMILES string of the molecule is CC.CC/C=C/c1ccc[n+](O)c1. The van der Waals surface area contributed by atoms with Crippen molar-refractivity contribution in [2.75, 3.05) is 0 Å². The van der Waals surface area contributed by atoms with E-state index in [1.54, 1.807) is 18.5 Å². The van der Waals surface area contributed by atoms with Gasteiger partial charge in [0.05, 0.1) is 0 Å². The van der Waals surface area contributed by atoms with E-state index >= 15 is 0 Å². The van der Waals surface area contributed by atoms with Crippen molar-refractivity contribution in [3.63, 3.8) is 0 Å². The molecule has 0 aromatic carbocycles. The lowest BCUT2D eigenvalue weighted by atomic mass is 10.2. The Morgan fingerprint density at radius 2 is 2.15 bits per heavy atom. The van der Waals surface area contributed by atoms with Gasteiger partial charge >= 0.3 is 0 Å². The minimum absolute atomic E-state index is 1.01. The molecule has 0 aliphatic carbocycles. The zero-order valence-electron chi connectivity index (χ0n) is 8.57.